The average Bonchev–Trinajstić information content (AvgIpc) is 3.38. The van der Waals surface area contributed by atoms with E-state index in [1.807, 2.05) is 28.9 Å². The fourth-order valence-electron chi connectivity index (χ4n) is 3.28. The van der Waals surface area contributed by atoms with Crippen LogP contribution in [0.3, 0.4) is 0 Å². The zero-order valence-electron chi connectivity index (χ0n) is 15.4. The first-order valence-electron chi connectivity index (χ1n) is 9.39. The molecule has 1 aromatic carbocycles. The molecule has 1 saturated heterocycles. The van der Waals surface area contributed by atoms with E-state index in [0.717, 1.165) is 30.7 Å². The summed E-state index contributed by atoms with van der Waals surface area (Å²) in [4.78, 5) is 28.6. The van der Waals surface area contributed by atoms with Crippen molar-refractivity contribution in [3.8, 4) is 0 Å². The van der Waals surface area contributed by atoms with E-state index in [0.29, 0.717) is 24.2 Å². The highest BCUT2D eigenvalue weighted by molar-refractivity contribution is 5.95. The summed E-state index contributed by atoms with van der Waals surface area (Å²) in [5.74, 6) is -0.237. The molecule has 3 aromatic rings. The summed E-state index contributed by atoms with van der Waals surface area (Å²) >= 11 is 0. The monoisotopic (exact) mass is 378 g/mol. The molecule has 144 valence electrons. The molecule has 0 spiro atoms. The van der Waals surface area contributed by atoms with Crippen LogP contribution < -0.4 is 10.6 Å². The molecule has 0 bridgehead atoms. The number of benzene rings is 1. The molecular weight excluding hydrogens is 356 g/mol. The SMILES string of the molecule is O=C(CC1CCCO1)Nc1ccc(C(=O)NCc2ccn3ccnc3c2)cc1. The van der Waals surface area contributed by atoms with E-state index >= 15 is 0 Å². The molecule has 1 aliphatic heterocycles. The molecule has 2 N–H and O–H groups in total. The third kappa shape index (κ3) is 4.37. The minimum atomic E-state index is -0.166. The van der Waals surface area contributed by atoms with Crippen LogP contribution in [0, 0.1) is 0 Å². The van der Waals surface area contributed by atoms with Gasteiger partial charge >= 0.3 is 0 Å². The topological polar surface area (TPSA) is 84.7 Å². The molecule has 0 radical (unpaired) electrons. The molecule has 1 aliphatic rings. The first kappa shape index (κ1) is 18.2. The summed E-state index contributed by atoms with van der Waals surface area (Å²) in [5.41, 5.74) is 3.03. The molecule has 2 aromatic heterocycles. The Morgan fingerprint density at radius 3 is 2.82 bits per heavy atom. The molecule has 2 amide bonds. The highest BCUT2D eigenvalue weighted by Gasteiger charge is 2.19. The minimum absolute atomic E-state index is 0.0197. The largest absolute Gasteiger partial charge is 0.378 e. The summed E-state index contributed by atoms with van der Waals surface area (Å²) in [6.45, 7) is 1.15. The van der Waals surface area contributed by atoms with Gasteiger partial charge in [0.15, 0.2) is 0 Å². The standard InChI is InChI=1S/C21H22N4O3/c26-20(13-18-2-1-11-28-18)24-17-5-3-16(4-6-17)21(27)23-14-15-7-9-25-10-8-22-19(25)12-15/h3-10,12,18H,1-2,11,13-14H2,(H,23,27)(H,24,26). The number of fused-ring (bicyclic) bond motifs is 1. The zero-order chi connectivity index (χ0) is 19.3. The van der Waals surface area contributed by atoms with Crippen LogP contribution in [-0.2, 0) is 16.1 Å². The summed E-state index contributed by atoms with van der Waals surface area (Å²) in [6, 6.07) is 10.8. The number of ether oxygens (including phenoxy) is 1. The zero-order valence-corrected chi connectivity index (χ0v) is 15.4. The van der Waals surface area contributed by atoms with Crippen LogP contribution in [0.2, 0.25) is 0 Å². The summed E-state index contributed by atoms with van der Waals surface area (Å²) in [5, 5.41) is 5.75. The van der Waals surface area contributed by atoms with Gasteiger partial charge in [0.05, 0.1) is 12.5 Å². The van der Waals surface area contributed by atoms with Crippen LogP contribution in [0.1, 0.15) is 35.2 Å². The van der Waals surface area contributed by atoms with E-state index in [9.17, 15) is 9.59 Å². The lowest BCUT2D eigenvalue weighted by Gasteiger charge is -2.10. The van der Waals surface area contributed by atoms with Crippen LogP contribution >= 0.6 is 0 Å². The van der Waals surface area contributed by atoms with E-state index in [1.165, 1.54) is 0 Å². The lowest BCUT2D eigenvalue weighted by Crippen LogP contribution is -2.23. The number of carbonyl (C=O) groups is 2. The molecule has 3 heterocycles. The maximum atomic E-state index is 12.4. The van der Waals surface area contributed by atoms with Crippen molar-refractivity contribution in [2.24, 2.45) is 0 Å². The fraction of sp³-hybridized carbons (Fsp3) is 0.286. The second kappa shape index (κ2) is 8.22. The number of pyridine rings is 1. The van der Waals surface area contributed by atoms with E-state index in [1.54, 1.807) is 30.5 Å². The predicted molar refractivity (Wildman–Crippen MR) is 105 cm³/mol. The first-order chi connectivity index (χ1) is 13.7. The third-order valence-corrected chi connectivity index (χ3v) is 4.78. The van der Waals surface area contributed by atoms with E-state index in [4.69, 9.17) is 4.74 Å². The van der Waals surface area contributed by atoms with Crippen molar-refractivity contribution >= 4 is 23.1 Å². The number of anilines is 1. The molecule has 28 heavy (non-hydrogen) atoms. The van der Waals surface area contributed by atoms with Gasteiger partial charge < -0.3 is 19.8 Å². The fourth-order valence-corrected chi connectivity index (χ4v) is 3.28. The molecule has 7 heteroatoms. The van der Waals surface area contributed by atoms with Crippen molar-refractivity contribution in [3.05, 3.63) is 66.1 Å². The molecule has 0 aliphatic carbocycles. The van der Waals surface area contributed by atoms with E-state index in [-0.39, 0.29) is 17.9 Å². The molecule has 4 rings (SSSR count). The predicted octanol–water partition coefficient (Wildman–Crippen LogP) is 2.77. The Bertz CT molecular complexity index is 975. The second-order valence-electron chi connectivity index (χ2n) is 6.88. The van der Waals surface area contributed by atoms with Crippen molar-refractivity contribution in [1.82, 2.24) is 14.7 Å². The van der Waals surface area contributed by atoms with Gasteiger partial charge in [-0.15, -0.1) is 0 Å². The molecule has 1 unspecified atom stereocenters. The molecule has 1 fully saturated rings. The van der Waals surface area contributed by atoms with Gasteiger partial charge in [0.25, 0.3) is 5.91 Å². The number of carbonyl (C=O) groups excluding carboxylic acids is 2. The Morgan fingerprint density at radius 2 is 2.04 bits per heavy atom. The van der Waals surface area contributed by atoms with Gasteiger partial charge in [0.2, 0.25) is 5.91 Å². The van der Waals surface area contributed by atoms with Crippen molar-refractivity contribution < 1.29 is 14.3 Å². The number of aromatic nitrogens is 2. The van der Waals surface area contributed by atoms with Crippen LogP contribution in [0.5, 0.6) is 0 Å². The smallest absolute Gasteiger partial charge is 0.251 e. The highest BCUT2D eigenvalue weighted by atomic mass is 16.5. The maximum absolute atomic E-state index is 12.4. The third-order valence-electron chi connectivity index (χ3n) is 4.78. The Hall–Kier alpha value is -3.19. The quantitative estimate of drug-likeness (QED) is 0.691. The van der Waals surface area contributed by atoms with Crippen LogP contribution in [0.4, 0.5) is 5.69 Å². The van der Waals surface area contributed by atoms with Crippen molar-refractivity contribution in [1.29, 1.82) is 0 Å². The Morgan fingerprint density at radius 1 is 1.18 bits per heavy atom. The molecule has 7 nitrogen and oxygen atoms in total. The Balaban J connectivity index is 1.29. The summed E-state index contributed by atoms with van der Waals surface area (Å²) in [7, 11) is 0. The maximum Gasteiger partial charge on any atom is 0.251 e. The van der Waals surface area contributed by atoms with Crippen LogP contribution in [0.15, 0.2) is 55.0 Å². The first-order valence-corrected chi connectivity index (χ1v) is 9.39. The van der Waals surface area contributed by atoms with Gasteiger partial charge in [0.1, 0.15) is 5.65 Å². The van der Waals surface area contributed by atoms with Gasteiger partial charge in [-0.2, -0.15) is 0 Å². The van der Waals surface area contributed by atoms with Gasteiger partial charge in [-0.1, -0.05) is 0 Å². The van der Waals surface area contributed by atoms with Gasteiger partial charge in [0, 0.05) is 43.0 Å². The highest BCUT2D eigenvalue weighted by Crippen LogP contribution is 2.17. The van der Waals surface area contributed by atoms with E-state index < -0.39 is 0 Å². The summed E-state index contributed by atoms with van der Waals surface area (Å²) < 4.78 is 7.39. The summed E-state index contributed by atoms with van der Waals surface area (Å²) in [6.07, 6.45) is 7.85. The van der Waals surface area contributed by atoms with E-state index in [2.05, 4.69) is 15.6 Å². The van der Waals surface area contributed by atoms with Crippen molar-refractivity contribution in [2.45, 2.75) is 31.9 Å². The normalized spacial score (nSPS) is 16.2. The number of nitrogens with one attached hydrogen (secondary N) is 2. The van der Waals surface area contributed by atoms with Crippen molar-refractivity contribution in [3.63, 3.8) is 0 Å². The average molecular weight is 378 g/mol. The number of amides is 2. The number of imidazole rings is 1. The number of nitrogens with zero attached hydrogens (tertiary/aromatic N) is 2. The van der Waals surface area contributed by atoms with Crippen molar-refractivity contribution in [2.75, 3.05) is 11.9 Å². The number of hydrogen-bond donors (Lipinski definition) is 2. The molecule has 1 atom stereocenters. The van der Waals surface area contributed by atoms with Crippen LogP contribution in [0.25, 0.3) is 5.65 Å². The lowest BCUT2D eigenvalue weighted by molar-refractivity contribution is -0.118. The molecule has 0 saturated carbocycles. The molecular formula is C21H22N4O3. The van der Waals surface area contributed by atoms with Gasteiger partial charge in [-0.25, -0.2) is 4.98 Å². The number of rotatable bonds is 6. The Labute approximate surface area is 162 Å². The van der Waals surface area contributed by atoms with Gasteiger partial charge in [-0.05, 0) is 54.8 Å². The Kier molecular flexibility index (Phi) is 5.34. The lowest BCUT2D eigenvalue weighted by atomic mass is 10.1. The second-order valence-corrected chi connectivity index (χ2v) is 6.88. The number of hydrogen-bond acceptors (Lipinski definition) is 4. The van der Waals surface area contributed by atoms with Gasteiger partial charge in [-0.3, -0.25) is 9.59 Å². The van der Waals surface area contributed by atoms with Crippen LogP contribution in [-0.4, -0.2) is 33.9 Å². The minimum Gasteiger partial charge on any atom is -0.378 e.